The molecule has 0 unspecified atom stereocenters. The van der Waals surface area contributed by atoms with Crippen LogP contribution in [0, 0.1) is 16.7 Å². The van der Waals surface area contributed by atoms with Crippen molar-refractivity contribution in [2.45, 2.75) is 192 Å². The molecule has 2 amide bonds. The van der Waals surface area contributed by atoms with Crippen LogP contribution in [0.3, 0.4) is 0 Å². The molecule has 3 heterocycles. The Balaban J connectivity index is 1.21. The van der Waals surface area contributed by atoms with Gasteiger partial charge in [0.05, 0.1) is 42.9 Å². The number of ether oxygens (including phenoxy) is 7. The highest BCUT2D eigenvalue weighted by Crippen LogP contribution is 2.64. The fourth-order valence-electron chi connectivity index (χ4n) is 13.4. The van der Waals surface area contributed by atoms with E-state index in [1.54, 1.807) is 74.3 Å². The van der Waals surface area contributed by atoms with E-state index in [0.717, 1.165) is 58.5 Å². The van der Waals surface area contributed by atoms with Gasteiger partial charge in [0.25, 0.3) is 0 Å². The summed E-state index contributed by atoms with van der Waals surface area (Å²) in [6, 6.07) is 14.3. The maximum Gasteiger partial charge on any atom is 0.408 e. The summed E-state index contributed by atoms with van der Waals surface area (Å²) >= 11 is 0. The molecule has 5 fully saturated rings. The number of hydrogen-bond acceptors (Lipinski definition) is 20. The second kappa shape index (κ2) is 25.9. The van der Waals surface area contributed by atoms with Crippen LogP contribution in [0.25, 0.3) is 0 Å². The number of aliphatic hydroxyl groups excluding tert-OH is 1. The molecule has 2 aromatic rings. The Hall–Kier alpha value is -6.59. The Morgan fingerprint density at radius 1 is 0.798 bits per heavy atom. The molecule has 4 N–H and O–H groups in total. The number of alkyl carbamates (subject to hydrolysis) is 1. The van der Waals surface area contributed by atoms with Gasteiger partial charge >= 0.3 is 35.9 Å². The number of piperidine rings is 2. The maximum absolute atomic E-state index is 16.0. The number of likely N-dealkylation sites (tertiary alicyclic amines) is 1. The summed E-state index contributed by atoms with van der Waals surface area (Å²) in [4.78, 5) is 130. The van der Waals surface area contributed by atoms with Crippen LogP contribution >= 0.6 is 0 Å². The molecule has 458 valence electrons. The third kappa shape index (κ3) is 13.6. The predicted octanol–water partition coefficient (Wildman–Crippen LogP) is 5.49. The molecular formula is C62H82N4O18. The zero-order valence-electron chi connectivity index (χ0n) is 49.4. The van der Waals surface area contributed by atoms with E-state index < -0.39 is 143 Å². The summed E-state index contributed by atoms with van der Waals surface area (Å²) < 4.78 is 43.1. The van der Waals surface area contributed by atoms with Crippen molar-refractivity contribution in [1.82, 2.24) is 20.7 Å². The van der Waals surface area contributed by atoms with E-state index in [4.69, 9.17) is 33.2 Å². The van der Waals surface area contributed by atoms with E-state index in [-0.39, 0.29) is 60.3 Å². The SMILES string of the molecule is CC(=O)O[C@@]12CO[C@@H]1C[C@H](OC(=O)CCC(=O)CN1CCCCC1)[C@@]1(C)C(=O)[C@H](O)C3=C(C)[C@@H](OC(=O)[C@H](OC(=O)CCC(=O)NN4CCCCC4)[C@@H](NC(=O)OC(C)(C)C)c4ccccc4)C[C@@](O)([C@@H](OC(=O)c4ccccc4)[C@H]21)C3(C)C. The Labute approximate surface area is 489 Å². The first-order valence-corrected chi connectivity index (χ1v) is 29.3. The van der Waals surface area contributed by atoms with E-state index in [1.807, 2.05) is 4.90 Å². The number of aliphatic hydroxyl groups is 2. The molecule has 11 atom stereocenters. The molecule has 2 aromatic carbocycles. The van der Waals surface area contributed by atoms with E-state index in [1.165, 1.54) is 39.8 Å². The number of hydrogen-bond donors (Lipinski definition) is 4. The fraction of sp³-hybridized carbons (Fsp3) is 0.629. The number of Topliss-reactive ketones (excluding diaryl/α,β-unsaturated/α-hetero) is 2. The van der Waals surface area contributed by atoms with E-state index >= 15 is 9.59 Å². The number of carbonyl (C=O) groups is 9. The van der Waals surface area contributed by atoms with Crippen molar-refractivity contribution < 1.29 is 86.5 Å². The molecule has 8 rings (SSSR count). The van der Waals surface area contributed by atoms with Gasteiger partial charge in [-0.1, -0.05) is 75.2 Å². The van der Waals surface area contributed by atoms with Crippen LogP contribution in [0.1, 0.15) is 154 Å². The molecule has 22 nitrogen and oxygen atoms in total. The summed E-state index contributed by atoms with van der Waals surface area (Å²) in [7, 11) is 0. The largest absolute Gasteiger partial charge is 0.461 e. The van der Waals surface area contributed by atoms with Gasteiger partial charge in [0, 0.05) is 51.1 Å². The van der Waals surface area contributed by atoms with Crippen molar-refractivity contribution in [1.29, 1.82) is 0 Å². The van der Waals surface area contributed by atoms with Gasteiger partial charge in [-0.25, -0.2) is 19.4 Å². The lowest BCUT2D eigenvalue weighted by Crippen LogP contribution is -2.82. The van der Waals surface area contributed by atoms with Gasteiger partial charge in [-0.2, -0.15) is 0 Å². The minimum Gasteiger partial charge on any atom is -0.461 e. The number of rotatable bonds is 19. The molecule has 3 aliphatic carbocycles. The van der Waals surface area contributed by atoms with Gasteiger partial charge < -0.3 is 48.7 Å². The second-order valence-corrected chi connectivity index (χ2v) is 25.0. The van der Waals surface area contributed by atoms with Crippen molar-refractivity contribution in [3.05, 3.63) is 82.9 Å². The zero-order chi connectivity index (χ0) is 60.9. The van der Waals surface area contributed by atoms with Gasteiger partial charge in [-0.05, 0) is 102 Å². The van der Waals surface area contributed by atoms with Crippen LogP contribution in [0.5, 0.6) is 0 Å². The predicted molar refractivity (Wildman–Crippen MR) is 299 cm³/mol. The highest BCUT2D eigenvalue weighted by molar-refractivity contribution is 5.95. The number of fused-ring (bicyclic) bond motifs is 5. The topological polar surface area (TPSA) is 289 Å². The first-order chi connectivity index (χ1) is 39.7. The quantitative estimate of drug-likeness (QED) is 0.0768. The first-order valence-electron chi connectivity index (χ1n) is 29.3. The molecule has 2 bridgehead atoms. The highest BCUT2D eigenvalue weighted by Gasteiger charge is 2.79. The lowest BCUT2D eigenvalue weighted by Gasteiger charge is -2.67. The van der Waals surface area contributed by atoms with E-state index in [9.17, 15) is 43.8 Å². The minimum absolute atomic E-state index is 0.00814. The second-order valence-electron chi connectivity index (χ2n) is 25.0. The monoisotopic (exact) mass is 1170 g/mol. The maximum atomic E-state index is 16.0. The number of esters is 5. The van der Waals surface area contributed by atoms with E-state index in [0.29, 0.717) is 13.1 Å². The first kappa shape index (κ1) is 63.4. The molecule has 3 saturated heterocycles. The fourth-order valence-corrected chi connectivity index (χ4v) is 13.4. The highest BCUT2D eigenvalue weighted by atomic mass is 16.6. The number of benzene rings is 2. The van der Waals surface area contributed by atoms with Crippen LogP contribution in [-0.4, -0.2) is 166 Å². The number of nitrogens with zero attached hydrogens (tertiary/aromatic N) is 2. The third-order valence-corrected chi connectivity index (χ3v) is 17.7. The molecule has 2 saturated carbocycles. The number of nitrogens with one attached hydrogen (secondary N) is 2. The molecule has 0 radical (unpaired) electrons. The Bertz CT molecular complexity index is 2830. The average molecular weight is 1170 g/mol. The number of ketones is 2. The van der Waals surface area contributed by atoms with E-state index in [2.05, 4.69) is 10.7 Å². The summed E-state index contributed by atoms with van der Waals surface area (Å²) in [6.45, 7) is 14.4. The summed E-state index contributed by atoms with van der Waals surface area (Å²) in [5, 5.41) is 31.5. The lowest BCUT2D eigenvalue weighted by atomic mass is 9.44. The van der Waals surface area contributed by atoms with Crippen LogP contribution in [-0.2, 0) is 66.7 Å². The van der Waals surface area contributed by atoms with Gasteiger partial charge in [-0.15, -0.1) is 0 Å². The minimum atomic E-state index is -2.55. The summed E-state index contributed by atoms with van der Waals surface area (Å²) in [5.74, 6) is -8.38. The molecule has 6 aliphatic rings. The van der Waals surface area contributed by atoms with Crippen LogP contribution in [0.4, 0.5) is 4.79 Å². The molecular weight excluding hydrogens is 1090 g/mol. The number of carbonyl (C=O) groups excluding carboxylic acids is 9. The molecule has 22 heteroatoms. The van der Waals surface area contributed by atoms with Gasteiger partial charge in [0.2, 0.25) is 12.0 Å². The molecule has 84 heavy (non-hydrogen) atoms. The van der Waals surface area contributed by atoms with Crippen molar-refractivity contribution >= 4 is 53.4 Å². The number of amides is 2. The van der Waals surface area contributed by atoms with Crippen LogP contribution < -0.4 is 10.7 Å². The smallest absolute Gasteiger partial charge is 0.408 e. The standard InChI is InChI=1S/C62H82N4O18/c1-37-42(79-56(75)51(81-47(71)28-26-45(69)64-66-31-19-12-20-32-66)49(39-21-13-9-14-22-39)63-57(76)84-58(3,4)5)34-62(77)54(82-55(74)40-23-15-10-16-24-40)52-60(8,53(73)50(72)48(37)59(62,6)7)43(33-44-61(52,36-78-44)83-38(2)67)80-46(70)27-25-41(68)35-65-29-17-11-18-30-65/h9-10,13-16,21-24,42-44,49-52,54,72,77H,11-12,17-20,25-36H2,1-8H3,(H,63,76)(H,64,69)/t42-,43-,44+,49-,50+,51+,52-,54-,60+,61-,62+/m0/s1. The van der Waals surface area contributed by atoms with Crippen molar-refractivity contribution in [2.24, 2.45) is 16.7 Å². The van der Waals surface area contributed by atoms with Crippen molar-refractivity contribution in [3.63, 3.8) is 0 Å². The normalized spacial score (nSPS) is 29.3. The Morgan fingerprint density at radius 3 is 2.02 bits per heavy atom. The molecule has 0 spiro atoms. The summed E-state index contributed by atoms with van der Waals surface area (Å²) in [5.41, 5.74) is -6.54. The van der Waals surface area contributed by atoms with Crippen molar-refractivity contribution in [3.8, 4) is 0 Å². The third-order valence-electron chi connectivity index (χ3n) is 17.7. The van der Waals surface area contributed by atoms with Gasteiger partial charge in [0.1, 0.15) is 53.5 Å². The zero-order valence-corrected chi connectivity index (χ0v) is 49.4. The number of hydrazine groups is 1. The Kier molecular flexibility index (Phi) is 19.6. The molecule has 3 aliphatic heterocycles. The summed E-state index contributed by atoms with van der Waals surface area (Å²) in [6.07, 6.45) is -8.11. The van der Waals surface area contributed by atoms with Crippen LogP contribution in [0.15, 0.2) is 71.8 Å². The Morgan fingerprint density at radius 2 is 1.42 bits per heavy atom. The van der Waals surface area contributed by atoms with Gasteiger partial charge in [0.15, 0.2) is 11.4 Å². The molecule has 0 aromatic heterocycles. The van der Waals surface area contributed by atoms with Gasteiger partial charge in [-0.3, -0.25) is 39.1 Å². The average Bonchev–Trinajstić information content (AvgIpc) is 0.825. The lowest BCUT2D eigenvalue weighted by molar-refractivity contribution is -0.346. The van der Waals surface area contributed by atoms with Crippen molar-refractivity contribution in [2.75, 3.05) is 39.3 Å². The van der Waals surface area contributed by atoms with Crippen LogP contribution in [0.2, 0.25) is 0 Å².